The maximum atomic E-state index is 13.7. The fourth-order valence-corrected chi connectivity index (χ4v) is 4.62. The van der Waals surface area contributed by atoms with Crippen molar-refractivity contribution in [1.82, 2.24) is 15.2 Å². The van der Waals surface area contributed by atoms with Crippen LogP contribution in [0.2, 0.25) is 0 Å². The number of nitrogens with zero attached hydrogens (tertiary/aromatic N) is 3. The molecule has 1 N–H and O–H groups in total. The molecule has 0 aliphatic carbocycles. The van der Waals surface area contributed by atoms with Crippen LogP contribution in [0.15, 0.2) is 48.7 Å². The minimum Gasteiger partial charge on any atom is -0.376 e. The number of amides is 2. The lowest BCUT2D eigenvalue weighted by Crippen LogP contribution is -2.43. The number of nitriles is 1. The highest BCUT2D eigenvalue weighted by Crippen LogP contribution is 2.32. The van der Waals surface area contributed by atoms with E-state index in [1.54, 1.807) is 12.1 Å². The molecule has 178 valence electrons. The van der Waals surface area contributed by atoms with Gasteiger partial charge < -0.3 is 15.0 Å². The molecule has 2 aliphatic rings. The molecule has 0 saturated carbocycles. The van der Waals surface area contributed by atoms with E-state index in [0.717, 1.165) is 28.0 Å². The molecule has 7 nitrogen and oxygen atoms in total. The van der Waals surface area contributed by atoms with E-state index in [2.05, 4.69) is 22.4 Å². The number of pyridine rings is 1. The summed E-state index contributed by atoms with van der Waals surface area (Å²) < 4.78 is 32.9. The van der Waals surface area contributed by atoms with E-state index in [1.807, 2.05) is 24.3 Å². The third kappa shape index (κ3) is 4.57. The summed E-state index contributed by atoms with van der Waals surface area (Å²) in [6.45, 7) is -0.0311. The first-order valence-electron chi connectivity index (χ1n) is 11.3. The zero-order valence-corrected chi connectivity index (χ0v) is 18.8. The zero-order valence-electron chi connectivity index (χ0n) is 18.8. The molecule has 5 rings (SSSR count). The second kappa shape index (κ2) is 9.04. The summed E-state index contributed by atoms with van der Waals surface area (Å²) in [6.07, 6.45) is 1.68. The monoisotopic (exact) mass is 476 g/mol. The Balaban J connectivity index is 1.37. The number of likely N-dealkylation sites (tertiary alicyclic amines) is 1. The smallest absolute Gasteiger partial charge is 0.268 e. The van der Waals surface area contributed by atoms with Crippen molar-refractivity contribution in [3.05, 3.63) is 65.4 Å². The third-order valence-corrected chi connectivity index (χ3v) is 6.44. The fourth-order valence-electron chi connectivity index (χ4n) is 4.62. The van der Waals surface area contributed by atoms with Crippen molar-refractivity contribution in [1.29, 1.82) is 5.26 Å². The number of rotatable bonds is 4. The number of alkyl halides is 2. The van der Waals surface area contributed by atoms with Crippen LogP contribution in [0.25, 0.3) is 22.0 Å². The molecule has 3 aromatic rings. The summed E-state index contributed by atoms with van der Waals surface area (Å²) in [4.78, 5) is 30.6. The summed E-state index contributed by atoms with van der Waals surface area (Å²) in [5, 5.41) is 12.2. The van der Waals surface area contributed by atoms with Crippen LogP contribution in [0.3, 0.4) is 0 Å². The standard InChI is InChI=1S/C26H22F2N4O3/c27-26(28)11-20(12-29)32(15-26)24(33)13-31-25(34)21-5-7-30-23-4-3-18(10-22(21)23)17-2-1-16-6-8-35-14-19(16)9-17/h1-5,7,9-10,20H,6,8,11,13-15H2,(H,31,34). The number of carbonyl (C=O) groups is 2. The van der Waals surface area contributed by atoms with Crippen molar-refractivity contribution in [3.63, 3.8) is 0 Å². The predicted molar refractivity (Wildman–Crippen MR) is 124 cm³/mol. The molecule has 1 saturated heterocycles. The number of benzene rings is 2. The lowest BCUT2D eigenvalue weighted by molar-refractivity contribution is -0.131. The van der Waals surface area contributed by atoms with Crippen LogP contribution in [-0.2, 0) is 22.6 Å². The van der Waals surface area contributed by atoms with Crippen molar-refractivity contribution in [2.24, 2.45) is 0 Å². The van der Waals surface area contributed by atoms with Crippen LogP contribution in [0, 0.1) is 11.3 Å². The van der Waals surface area contributed by atoms with E-state index in [9.17, 15) is 18.4 Å². The van der Waals surface area contributed by atoms with Gasteiger partial charge in [0.05, 0.1) is 43.5 Å². The Morgan fingerprint density at radius 3 is 2.80 bits per heavy atom. The van der Waals surface area contributed by atoms with Crippen molar-refractivity contribution in [2.45, 2.75) is 31.4 Å². The van der Waals surface area contributed by atoms with Crippen molar-refractivity contribution in [3.8, 4) is 17.2 Å². The molecule has 2 aliphatic heterocycles. The van der Waals surface area contributed by atoms with Crippen LogP contribution >= 0.6 is 0 Å². The first-order chi connectivity index (χ1) is 16.8. The molecule has 3 heterocycles. The topological polar surface area (TPSA) is 95.3 Å². The van der Waals surface area contributed by atoms with E-state index in [1.165, 1.54) is 11.8 Å². The Hall–Kier alpha value is -3.90. The second-order valence-electron chi connectivity index (χ2n) is 8.79. The third-order valence-electron chi connectivity index (χ3n) is 6.44. The molecule has 1 aromatic heterocycles. The molecule has 2 amide bonds. The number of aromatic nitrogens is 1. The van der Waals surface area contributed by atoms with Gasteiger partial charge in [-0.1, -0.05) is 18.2 Å². The Morgan fingerprint density at radius 1 is 1.17 bits per heavy atom. The SMILES string of the molecule is N#CC1CC(F)(F)CN1C(=O)CNC(=O)c1ccnc2ccc(-c3ccc4c(c3)COCC4)cc12. The van der Waals surface area contributed by atoms with E-state index < -0.39 is 43.3 Å². The number of hydrogen-bond donors (Lipinski definition) is 1. The first-order valence-corrected chi connectivity index (χ1v) is 11.3. The Labute approximate surface area is 200 Å². The van der Waals surface area contributed by atoms with Gasteiger partial charge in [0.1, 0.15) is 6.04 Å². The lowest BCUT2D eigenvalue weighted by Gasteiger charge is -2.19. The Kier molecular flexibility index (Phi) is 5.91. The summed E-state index contributed by atoms with van der Waals surface area (Å²) >= 11 is 0. The number of ether oxygens (including phenoxy) is 1. The molecule has 1 unspecified atom stereocenters. The van der Waals surface area contributed by atoms with Crippen molar-refractivity contribution < 1.29 is 23.1 Å². The maximum Gasteiger partial charge on any atom is 0.268 e. The van der Waals surface area contributed by atoms with Gasteiger partial charge in [0.25, 0.3) is 11.8 Å². The minimum absolute atomic E-state index is 0.314. The van der Waals surface area contributed by atoms with Gasteiger partial charge in [0.15, 0.2) is 0 Å². The van der Waals surface area contributed by atoms with Crippen LogP contribution in [0.4, 0.5) is 8.78 Å². The van der Waals surface area contributed by atoms with Crippen molar-refractivity contribution in [2.75, 3.05) is 19.7 Å². The van der Waals surface area contributed by atoms with Crippen LogP contribution in [0.5, 0.6) is 0 Å². The van der Waals surface area contributed by atoms with E-state index >= 15 is 0 Å². The zero-order chi connectivity index (χ0) is 24.6. The van der Waals surface area contributed by atoms with Gasteiger partial charge in [-0.3, -0.25) is 14.6 Å². The quantitative estimate of drug-likeness (QED) is 0.622. The van der Waals surface area contributed by atoms with Gasteiger partial charge in [-0.05, 0) is 52.9 Å². The highest BCUT2D eigenvalue weighted by molar-refractivity contribution is 6.07. The van der Waals surface area contributed by atoms with Crippen LogP contribution in [0.1, 0.15) is 27.9 Å². The average Bonchev–Trinajstić information content (AvgIpc) is 3.20. The van der Waals surface area contributed by atoms with Gasteiger partial charge in [0, 0.05) is 18.0 Å². The number of nitrogens with one attached hydrogen (secondary N) is 1. The number of carbonyl (C=O) groups excluding carboxylic acids is 2. The van der Waals surface area contributed by atoms with Crippen molar-refractivity contribution >= 4 is 22.7 Å². The highest BCUT2D eigenvalue weighted by Gasteiger charge is 2.47. The van der Waals surface area contributed by atoms with E-state index in [4.69, 9.17) is 10.00 Å². The molecule has 1 fully saturated rings. The lowest BCUT2D eigenvalue weighted by atomic mass is 9.95. The highest BCUT2D eigenvalue weighted by atomic mass is 19.3. The maximum absolute atomic E-state index is 13.7. The molecule has 0 spiro atoms. The molecular weight excluding hydrogens is 454 g/mol. The van der Waals surface area contributed by atoms with Gasteiger partial charge in [-0.15, -0.1) is 0 Å². The Morgan fingerprint density at radius 2 is 1.97 bits per heavy atom. The second-order valence-corrected chi connectivity index (χ2v) is 8.79. The molecule has 0 bridgehead atoms. The van der Waals surface area contributed by atoms with Gasteiger partial charge in [-0.2, -0.15) is 5.26 Å². The molecule has 9 heteroatoms. The number of hydrogen-bond acceptors (Lipinski definition) is 5. The van der Waals surface area contributed by atoms with E-state index in [-0.39, 0.29) is 0 Å². The molecule has 1 atom stereocenters. The fraction of sp³-hybridized carbons (Fsp3) is 0.308. The summed E-state index contributed by atoms with van der Waals surface area (Å²) in [5.74, 6) is -4.36. The van der Waals surface area contributed by atoms with Gasteiger partial charge in [-0.25, -0.2) is 8.78 Å². The molecule has 2 aromatic carbocycles. The van der Waals surface area contributed by atoms with Gasteiger partial charge in [0.2, 0.25) is 5.91 Å². The predicted octanol–water partition coefficient (Wildman–Crippen LogP) is 3.46. The summed E-state index contributed by atoms with van der Waals surface area (Å²) in [7, 11) is 0. The molecule has 35 heavy (non-hydrogen) atoms. The Bertz CT molecular complexity index is 1370. The van der Waals surface area contributed by atoms with Crippen LogP contribution in [-0.4, -0.2) is 53.4 Å². The summed E-state index contributed by atoms with van der Waals surface area (Å²) in [5.41, 5.74) is 5.22. The van der Waals surface area contributed by atoms with Crippen LogP contribution < -0.4 is 5.32 Å². The van der Waals surface area contributed by atoms with E-state index in [0.29, 0.717) is 29.7 Å². The molecular formula is C26H22F2N4O3. The van der Waals surface area contributed by atoms with Gasteiger partial charge >= 0.3 is 0 Å². The largest absolute Gasteiger partial charge is 0.376 e. The number of halogens is 2. The average molecular weight is 476 g/mol. The number of fused-ring (bicyclic) bond motifs is 2. The summed E-state index contributed by atoms with van der Waals surface area (Å²) in [6, 6.07) is 13.9. The normalized spacial score (nSPS) is 18.7. The molecule has 0 radical (unpaired) electrons. The first kappa shape index (κ1) is 22.9. The minimum atomic E-state index is -3.11.